The van der Waals surface area contributed by atoms with Crippen molar-refractivity contribution in [3.05, 3.63) is 46.1 Å². The molecule has 3 aromatic rings. The van der Waals surface area contributed by atoms with E-state index in [1.54, 1.807) is 12.3 Å². The molecule has 4 heterocycles. The van der Waals surface area contributed by atoms with Gasteiger partial charge >= 0.3 is 5.97 Å². The molecule has 1 saturated carbocycles. The van der Waals surface area contributed by atoms with E-state index in [0.717, 1.165) is 50.3 Å². The van der Waals surface area contributed by atoms with Gasteiger partial charge in [-0.05, 0) is 81.7 Å². The molecular weight excluding hydrogens is 525 g/mol. The number of carboxylic acid groups (broad SMARTS) is 1. The van der Waals surface area contributed by atoms with Crippen molar-refractivity contribution >= 4 is 52.1 Å². The fraction of sp³-hybridized carbons (Fsp3) is 0.536. The van der Waals surface area contributed by atoms with E-state index in [1.807, 2.05) is 32.0 Å². The molecule has 0 spiro atoms. The molecule has 2 aromatic heterocycles. The Labute approximate surface area is 232 Å². The number of halogens is 2. The quantitative estimate of drug-likeness (QED) is 0.359. The highest BCUT2D eigenvalue weighted by molar-refractivity contribution is 6.35. The van der Waals surface area contributed by atoms with Crippen molar-refractivity contribution in [2.75, 3.05) is 36.4 Å². The van der Waals surface area contributed by atoms with Crippen molar-refractivity contribution in [2.24, 2.45) is 17.3 Å². The number of aliphatic carboxylic acids is 1. The molecule has 10 heteroatoms. The molecule has 8 nitrogen and oxygen atoms in total. The minimum absolute atomic E-state index is 0.0643. The number of likely N-dealkylation sites (tertiary alicyclic amines) is 1. The summed E-state index contributed by atoms with van der Waals surface area (Å²) in [7, 11) is 0. The lowest BCUT2D eigenvalue weighted by Crippen LogP contribution is -2.58. The zero-order chi connectivity index (χ0) is 26.6. The number of fused-ring (bicyclic) bond motifs is 1. The fourth-order valence-electron chi connectivity index (χ4n) is 6.37. The van der Waals surface area contributed by atoms with Gasteiger partial charge in [0.05, 0.1) is 17.1 Å². The normalized spacial score (nSPS) is 27.1. The Morgan fingerprint density at radius 1 is 1.21 bits per heavy atom. The van der Waals surface area contributed by atoms with Gasteiger partial charge in [0, 0.05) is 41.9 Å². The van der Waals surface area contributed by atoms with Crippen LogP contribution in [0, 0.1) is 17.3 Å². The molecule has 0 bridgehead atoms. The first-order valence-corrected chi connectivity index (χ1v) is 14.2. The minimum atomic E-state index is -0.661. The van der Waals surface area contributed by atoms with Crippen LogP contribution in [0.15, 0.2) is 34.9 Å². The van der Waals surface area contributed by atoms with Crippen LogP contribution in [0.2, 0.25) is 10.0 Å². The number of hydrogen-bond acceptors (Lipinski definition) is 7. The van der Waals surface area contributed by atoms with Crippen LogP contribution in [-0.4, -0.2) is 58.2 Å². The third-order valence-corrected chi connectivity index (χ3v) is 9.39. The van der Waals surface area contributed by atoms with Crippen LogP contribution < -0.4 is 10.2 Å². The third-order valence-electron chi connectivity index (χ3n) is 8.82. The van der Waals surface area contributed by atoms with E-state index in [2.05, 4.69) is 25.1 Å². The third kappa shape index (κ3) is 4.71. The molecule has 202 valence electrons. The van der Waals surface area contributed by atoms with Crippen LogP contribution in [0.1, 0.15) is 51.1 Å². The Morgan fingerprint density at radius 3 is 2.74 bits per heavy atom. The van der Waals surface area contributed by atoms with Crippen LogP contribution in [0.25, 0.3) is 11.2 Å². The lowest BCUT2D eigenvalue weighted by molar-refractivity contribution is -0.158. The standard InChI is InChI=1S/C28H33Cl2N5O3/c1-16(21-6-5-19(29)10-22(21)30)32-23-7-8-31-25-24(23)38-27(33-25)35-14-18(15-35)17-4-3-9-34(13-17)20-11-28(2,12-20)26(36)37/h5-8,10,16-18,20H,3-4,9,11-15H2,1-2H3,(H,31,32)(H,36,37)/t16-,17+,20?,28?/m1/s1. The molecule has 6 rings (SSSR count). The van der Waals surface area contributed by atoms with E-state index >= 15 is 0 Å². The van der Waals surface area contributed by atoms with Gasteiger partial charge in [0.2, 0.25) is 5.65 Å². The number of aromatic nitrogens is 2. The topological polar surface area (TPSA) is 94.7 Å². The maximum atomic E-state index is 11.5. The molecule has 0 amide bonds. The van der Waals surface area contributed by atoms with E-state index < -0.39 is 11.4 Å². The Hall–Kier alpha value is -2.55. The molecule has 2 saturated heterocycles. The summed E-state index contributed by atoms with van der Waals surface area (Å²) in [6.07, 6.45) is 5.67. The number of nitrogens with zero attached hydrogens (tertiary/aromatic N) is 4. The Kier molecular flexibility index (Phi) is 6.69. The number of anilines is 2. The summed E-state index contributed by atoms with van der Waals surface area (Å²) in [5.74, 6) is 0.559. The number of benzene rings is 1. The number of oxazole rings is 1. The Balaban J connectivity index is 1.08. The number of carboxylic acids is 1. The van der Waals surface area contributed by atoms with Gasteiger partial charge in [-0.1, -0.05) is 29.3 Å². The van der Waals surface area contributed by atoms with E-state index in [-0.39, 0.29) is 6.04 Å². The average Bonchev–Trinajstić information content (AvgIpc) is 3.26. The van der Waals surface area contributed by atoms with Gasteiger partial charge in [-0.15, -0.1) is 0 Å². The number of hydrogen-bond donors (Lipinski definition) is 2. The number of piperidine rings is 1. The maximum absolute atomic E-state index is 11.5. The molecule has 38 heavy (non-hydrogen) atoms. The molecule has 2 N–H and O–H groups in total. The predicted molar refractivity (Wildman–Crippen MR) is 149 cm³/mol. The average molecular weight is 559 g/mol. The van der Waals surface area contributed by atoms with Crippen molar-refractivity contribution in [3.63, 3.8) is 0 Å². The summed E-state index contributed by atoms with van der Waals surface area (Å²) >= 11 is 12.5. The lowest BCUT2D eigenvalue weighted by atomic mass is 9.65. The van der Waals surface area contributed by atoms with Gasteiger partial charge in [-0.2, -0.15) is 4.98 Å². The van der Waals surface area contributed by atoms with Gasteiger partial charge in [0.25, 0.3) is 6.01 Å². The van der Waals surface area contributed by atoms with E-state index in [0.29, 0.717) is 45.2 Å². The number of carbonyl (C=O) groups is 1. The first-order valence-electron chi connectivity index (χ1n) is 13.4. The summed E-state index contributed by atoms with van der Waals surface area (Å²) in [4.78, 5) is 25.3. The predicted octanol–water partition coefficient (Wildman–Crippen LogP) is 6.10. The molecule has 2 aliphatic heterocycles. The summed E-state index contributed by atoms with van der Waals surface area (Å²) < 4.78 is 6.23. The first kappa shape index (κ1) is 25.7. The van der Waals surface area contributed by atoms with Crippen LogP contribution in [0.4, 0.5) is 11.7 Å². The van der Waals surface area contributed by atoms with Crippen LogP contribution >= 0.6 is 23.2 Å². The van der Waals surface area contributed by atoms with E-state index in [4.69, 9.17) is 27.6 Å². The highest BCUT2D eigenvalue weighted by Crippen LogP contribution is 2.45. The molecule has 2 atom stereocenters. The second-order valence-electron chi connectivity index (χ2n) is 11.5. The summed E-state index contributed by atoms with van der Waals surface area (Å²) in [5, 5.41) is 14.2. The van der Waals surface area contributed by atoms with E-state index in [1.165, 1.54) is 12.8 Å². The van der Waals surface area contributed by atoms with Gasteiger partial charge in [-0.25, -0.2) is 4.98 Å². The smallest absolute Gasteiger partial charge is 0.309 e. The lowest BCUT2D eigenvalue weighted by Gasteiger charge is -2.52. The largest absolute Gasteiger partial charge is 0.481 e. The van der Waals surface area contributed by atoms with Crippen molar-refractivity contribution in [1.29, 1.82) is 0 Å². The van der Waals surface area contributed by atoms with Crippen LogP contribution in [0.3, 0.4) is 0 Å². The zero-order valence-corrected chi connectivity index (χ0v) is 23.2. The highest BCUT2D eigenvalue weighted by Gasteiger charge is 2.49. The number of nitrogens with one attached hydrogen (secondary N) is 1. The fourth-order valence-corrected chi connectivity index (χ4v) is 6.94. The molecule has 0 unspecified atom stereocenters. The number of pyridine rings is 1. The highest BCUT2D eigenvalue weighted by atomic mass is 35.5. The van der Waals surface area contributed by atoms with Crippen molar-refractivity contribution in [1.82, 2.24) is 14.9 Å². The van der Waals surface area contributed by atoms with Crippen LogP contribution in [0.5, 0.6) is 0 Å². The van der Waals surface area contributed by atoms with Gasteiger partial charge < -0.3 is 24.6 Å². The van der Waals surface area contributed by atoms with Gasteiger partial charge in [0.15, 0.2) is 5.58 Å². The van der Waals surface area contributed by atoms with Gasteiger partial charge in [0.1, 0.15) is 0 Å². The SMILES string of the molecule is C[C@@H](Nc1ccnc2nc(N3CC([C@H]4CCCN(C5CC(C)(C(=O)O)C5)C4)C3)oc12)c1ccc(Cl)cc1Cl. The summed E-state index contributed by atoms with van der Waals surface area (Å²) in [6, 6.07) is 8.36. The first-order chi connectivity index (χ1) is 18.2. The maximum Gasteiger partial charge on any atom is 0.309 e. The van der Waals surface area contributed by atoms with Crippen molar-refractivity contribution < 1.29 is 14.3 Å². The Morgan fingerprint density at radius 2 is 2.00 bits per heavy atom. The van der Waals surface area contributed by atoms with Crippen molar-refractivity contribution in [2.45, 2.75) is 51.6 Å². The van der Waals surface area contributed by atoms with Gasteiger partial charge in [-0.3, -0.25) is 4.79 Å². The summed E-state index contributed by atoms with van der Waals surface area (Å²) in [5.41, 5.74) is 2.44. The number of rotatable bonds is 7. The van der Waals surface area contributed by atoms with E-state index in [9.17, 15) is 9.90 Å². The molecule has 0 radical (unpaired) electrons. The second kappa shape index (κ2) is 9.88. The zero-order valence-electron chi connectivity index (χ0n) is 21.7. The molecule has 1 aromatic carbocycles. The van der Waals surface area contributed by atoms with Crippen LogP contribution in [-0.2, 0) is 4.79 Å². The Bertz CT molecular complexity index is 1350. The second-order valence-corrected chi connectivity index (χ2v) is 12.4. The monoisotopic (exact) mass is 557 g/mol. The van der Waals surface area contributed by atoms with Crippen molar-refractivity contribution in [3.8, 4) is 0 Å². The summed E-state index contributed by atoms with van der Waals surface area (Å²) in [6.45, 7) is 7.90. The molecular formula is C28H33Cl2N5O3. The molecule has 3 aliphatic rings. The molecule has 1 aliphatic carbocycles. The minimum Gasteiger partial charge on any atom is -0.481 e. The molecule has 3 fully saturated rings.